The lowest BCUT2D eigenvalue weighted by Gasteiger charge is -2.23. The summed E-state index contributed by atoms with van der Waals surface area (Å²) in [6, 6.07) is 16.8. The molecule has 1 unspecified atom stereocenters. The molecule has 0 bridgehead atoms. The number of aromatic nitrogens is 2. The summed E-state index contributed by atoms with van der Waals surface area (Å²) in [4.78, 5) is 23.2. The van der Waals surface area contributed by atoms with Crippen molar-refractivity contribution in [2.75, 3.05) is 32.0 Å². The van der Waals surface area contributed by atoms with Crippen LogP contribution in [0.4, 0.5) is 5.82 Å². The van der Waals surface area contributed by atoms with Crippen LogP contribution in [0, 0.1) is 0 Å². The molecule has 5 rings (SSSR count). The molecule has 176 valence electrons. The maximum Gasteiger partial charge on any atom is 0.246 e. The number of fused-ring (bicyclic) bond motifs is 2. The van der Waals surface area contributed by atoms with E-state index in [1.54, 1.807) is 29.4 Å². The van der Waals surface area contributed by atoms with Gasteiger partial charge in [0.2, 0.25) is 15.9 Å². The molecule has 34 heavy (non-hydrogen) atoms. The second-order valence-electron chi connectivity index (χ2n) is 8.38. The largest absolute Gasteiger partial charge is 0.360 e. The molecular weight excluding hydrogens is 470 g/mol. The van der Waals surface area contributed by atoms with Crippen molar-refractivity contribution in [2.24, 2.45) is 0 Å². The third kappa shape index (κ3) is 4.24. The van der Waals surface area contributed by atoms with Crippen LogP contribution in [-0.2, 0) is 14.8 Å². The van der Waals surface area contributed by atoms with Crippen LogP contribution in [0.1, 0.15) is 24.4 Å². The Hall–Kier alpha value is -3.08. The molecule has 2 aromatic heterocycles. The topological polar surface area (TPSA) is 95.5 Å². The first-order valence-corrected chi connectivity index (χ1v) is 13.3. The van der Waals surface area contributed by atoms with Gasteiger partial charge in [-0.05, 0) is 31.2 Å². The van der Waals surface area contributed by atoms with Crippen molar-refractivity contribution in [1.82, 2.24) is 19.2 Å². The molecule has 1 amide bonds. The number of carbonyl (C=O) groups is 1. The Morgan fingerprint density at radius 1 is 1.00 bits per heavy atom. The number of benzene rings is 2. The lowest BCUT2D eigenvalue weighted by atomic mass is 10.2. The van der Waals surface area contributed by atoms with Gasteiger partial charge in [0.05, 0.1) is 21.8 Å². The summed E-state index contributed by atoms with van der Waals surface area (Å²) in [5.41, 5.74) is 1.61. The zero-order chi connectivity index (χ0) is 23.9. The van der Waals surface area contributed by atoms with Crippen LogP contribution in [0.2, 0.25) is 0 Å². The minimum absolute atomic E-state index is 0.0582. The molecule has 1 aliphatic heterocycles. The fraction of sp³-hybridized carbons (Fsp3) is 0.292. The van der Waals surface area contributed by atoms with E-state index in [1.165, 1.54) is 4.31 Å². The highest BCUT2D eigenvalue weighted by atomic mass is 32.2. The van der Waals surface area contributed by atoms with Gasteiger partial charge in [0.15, 0.2) is 0 Å². The van der Waals surface area contributed by atoms with Gasteiger partial charge >= 0.3 is 0 Å². The van der Waals surface area contributed by atoms with Gasteiger partial charge in [0.1, 0.15) is 15.7 Å². The van der Waals surface area contributed by atoms with Crippen molar-refractivity contribution in [3.63, 3.8) is 0 Å². The van der Waals surface area contributed by atoms with Crippen molar-refractivity contribution >= 4 is 54.2 Å². The van der Waals surface area contributed by atoms with Gasteiger partial charge in [0, 0.05) is 38.5 Å². The van der Waals surface area contributed by atoms with E-state index in [2.05, 4.69) is 5.32 Å². The Balaban J connectivity index is 1.55. The number of likely N-dealkylation sites (N-methyl/N-ethyl adjacent to an activating group) is 1. The molecule has 1 fully saturated rings. The molecule has 1 aliphatic rings. The highest BCUT2D eigenvalue weighted by Gasteiger charge is 2.32. The summed E-state index contributed by atoms with van der Waals surface area (Å²) < 4.78 is 30.0. The van der Waals surface area contributed by atoms with Crippen molar-refractivity contribution < 1.29 is 13.2 Å². The summed E-state index contributed by atoms with van der Waals surface area (Å²) in [5, 5.41) is 4.90. The second kappa shape index (κ2) is 8.94. The van der Waals surface area contributed by atoms with Crippen molar-refractivity contribution in [3.05, 3.63) is 59.6 Å². The summed E-state index contributed by atoms with van der Waals surface area (Å²) in [5.74, 6) is 0.228. The first-order chi connectivity index (χ1) is 16.3. The first-order valence-electron chi connectivity index (χ1n) is 11.1. The number of para-hydroxylation sites is 2. The van der Waals surface area contributed by atoms with Crippen LogP contribution in [0.25, 0.3) is 21.1 Å². The van der Waals surface area contributed by atoms with Gasteiger partial charge in [-0.25, -0.2) is 18.4 Å². The molecule has 0 spiro atoms. The van der Waals surface area contributed by atoms with Crippen molar-refractivity contribution in [1.29, 1.82) is 0 Å². The van der Waals surface area contributed by atoms with E-state index in [1.807, 2.05) is 55.5 Å². The molecule has 3 heterocycles. The van der Waals surface area contributed by atoms with Gasteiger partial charge in [-0.1, -0.05) is 30.3 Å². The van der Waals surface area contributed by atoms with Crippen LogP contribution < -0.4 is 5.32 Å². The van der Waals surface area contributed by atoms with E-state index >= 15 is 0 Å². The summed E-state index contributed by atoms with van der Waals surface area (Å²) >= 11 is 1.57. The number of rotatable bonds is 5. The number of carbonyl (C=O) groups excluding carboxylic acids is 1. The van der Waals surface area contributed by atoms with Crippen LogP contribution in [-0.4, -0.2) is 60.2 Å². The van der Waals surface area contributed by atoms with Crippen LogP contribution in [0.5, 0.6) is 0 Å². The predicted molar refractivity (Wildman–Crippen MR) is 134 cm³/mol. The Morgan fingerprint density at radius 2 is 1.74 bits per heavy atom. The molecule has 10 heteroatoms. The van der Waals surface area contributed by atoms with Gasteiger partial charge in [-0.15, -0.1) is 11.3 Å². The van der Waals surface area contributed by atoms with Gasteiger partial charge in [0.25, 0.3) is 0 Å². The zero-order valence-corrected chi connectivity index (χ0v) is 20.6. The van der Waals surface area contributed by atoms with E-state index < -0.39 is 10.0 Å². The quantitative estimate of drug-likeness (QED) is 0.452. The van der Waals surface area contributed by atoms with Crippen LogP contribution in [0.15, 0.2) is 59.5 Å². The highest BCUT2D eigenvalue weighted by Crippen LogP contribution is 2.32. The Morgan fingerprint density at radius 3 is 2.53 bits per heavy atom. The molecule has 0 saturated carbocycles. The number of anilines is 1. The molecular formula is C24H25N5O3S2. The minimum atomic E-state index is -3.89. The third-order valence-corrected chi connectivity index (χ3v) is 9.16. The lowest BCUT2D eigenvalue weighted by Crippen LogP contribution is -2.35. The normalized spacial score (nSPS) is 16.6. The number of hydrogen-bond donors (Lipinski definition) is 1. The van der Waals surface area contributed by atoms with Gasteiger partial charge in [-0.2, -0.15) is 4.31 Å². The fourth-order valence-corrected chi connectivity index (χ4v) is 6.55. The van der Waals surface area contributed by atoms with Gasteiger partial charge < -0.3 is 10.2 Å². The number of nitrogens with zero attached hydrogens (tertiary/aromatic N) is 4. The maximum atomic E-state index is 13.8. The van der Waals surface area contributed by atoms with E-state index in [4.69, 9.17) is 9.97 Å². The molecule has 0 aliphatic carbocycles. The maximum absolute atomic E-state index is 13.8. The number of thiazole rings is 1. The predicted octanol–water partition coefficient (Wildman–Crippen LogP) is 3.87. The fourth-order valence-electron chi connectivity index (χ4n) is 4.03. The highest BCUT2D eigenvalue weighted by molar-refractivity contribution is 7.89. The standard InChI is InChI=1S/C24H25N5O3S2/c1-16(24-27-19-9-5-6-10-20(19)33-24)25-23-21(15-17-7-3-4-8-18(17)26-23)34(31,32)29-12-11-22(30)28(2)13-14-29/h3-10,15-16H,11-14H2,1-2H3,(H,25,26). The van der Waals surface area contributed by atoms with Crippen molar-refractivity contribution in [3.8, 4) is 0 Å². The number of sulfonamides is 1. The van der Waals surface area contributed by atoms with Crippen LogP contribution in [0.3, 0.4) is 0 Å². The Kier molecular flexibility index (Phi) is 5.97. The number of amides is 1. The molecule has 4 aromatic rings. The average molecular weight is 496 g/mol. The van der Waals surface area contributed by atoms with E-state index in [0.717, 1.165) is 20.6 Å². The van der Waals surface area contributed by atoms with E-state index in [-0.39, 0.29) is 42.2 Å². The molecule has 2 aromatic carbocycles. The molecule has 8 nitrogen and oxygen atoms in total. The lowest BCUT2D eigenvalue weighted by molar-refractivity contribution is -0.129. The SMILES string of the molecule is CC(Nc1nc2ccccc2cc1S(=O)(=O)N1CCC(=O)N(C)CC1)c1nc2ccccc2s1. The Labute approximate surface area is 202 Å². The summed E-state index contributed by atoms with van der Waals surface area (Å²) in [6.45, 7) is 2.68. The smallest absolute Gasteiger partial charge is 0.246 e. The van der Waals surface area contributed by atoms with E-state index in [9.17, 15) is 13.2 Å². The molecule has 1 atom stereocenters. The molecule has 0 radical (unpaired) electrons. The first kappa shape index (κ1) is 22.7. The molecule has 1 N–H and O–H groups in total. The minimum Gasteiger partial charge on any atom is -0.360 e. The van der Waals surface area contributed by atoms with Crippen LogP contribution >= 0.6 is 11.3 Å². The summed E-state index contributed by atoms with van der Waals surface area (Å²) in [6.07, 6.45) is 0.154. The number of nitrogens with one attached hydrogen (secondary N) is 1. The number of pyridine rings is 1. The van der Waals surface area contributed by atoms with Gasteiger partial charge in [-0.3, -0.25) is 4.79 Å². The van der Waals surface area contributed by atoms with E-state index in [0.29, 0.717) is 12.1 Å². The monoisotopic (exact) mass is 495 g/mol. The Bertz CT molecular complexity index is 1450. The van der Waals surface area contributed by atoms with Crippen molar-refractivity contribution in [2.45, 2.75) is 24.3 Å². The second-order valence-corrected chi connectivity index (χ2v) is 11.4. The summed E-state index contributed by atoms with van der Waals surface area (Å²) in [7, 11) is -2.20. The number of hydrogen-bond acceptors (Lipinski definition) is 7. The zero-order valence-electron chi connectivity index (χ0n) is 18.9. The average Bonchev–Trinajstić information content (AvgIpc) is 3.19. The third-order valence-electron chi connectivity index (χ3n) is 6.03. The molecule has 1 saturated heterocycles.